The van der Waals surface area contributed by atoms with E-state index in [2.05, 4.69) is 0 Å². The maximum atomic E-state index is 13.6. The zero-order chi connectivity index (χ0) is 21.7. The summed E-state index contributed by atoms with van der Waals surface area (Å²) in [7, 11) is 5.38. The van der Waals surface area contributed by atoms with Crippen molar-refractivity contribution >= 4 is 17.7 Å². The lowest BCUT2D eigenvalue weighted by atomic mass is 9.75. The number of hydrogen-bond donors (Lipinski definition) is 0. The van der Waals surface area contributed by atoms with Gasteiger partial charge in [-0.2, -0.15) is 0 Å². The molecule has 1 aromatic rings. The molecule has 7 nitrogen and oxygen atoms in total. The SMILES string of the molecule is COc1cccc(C2(CC(=O)N3CCCCCC3)CC(=O)N(CCN(C)C)C2=O)c1. The van der Waals surface area contributed by atoms with E-state index in [1.807, 2.05) is 36.0 Å². The van der Waals surface area contributed by atoms with Gasteiger partial charge >= 0.3 is 0 Å². The Morgan fingerprint density at radius 2 is 1.83 bits per heavy atom. The molecule has 3 rings (SSSR count). The summed E-state index contributed by atoms with van der Waals surface area (Å²) in [4.78, 5) is 44.9. The van der Waals surface area contributed by atoms with Crippen molar-refractivity contribution in [3.8, 4) is 5.75 Å². The monoisotopic (exact) mass is 415 g/mol. The average molecular weight is 416 g/mol. The summed E-state index contributed by atoms with van der Waals surface area (Å²) < 4.78 is 5.35. The number of rotatable bonds is 7. The summed E-state index contributed by atoms with van der Waals surface area (Å²) in [6.45, 7) is 2.36. The maximum absolute atomic E-state index is 13.6. The van der Waals surface area contributed by atoms with Crippen LogP contribution in [-0.2, 0) is 19.8 Å². The molecule has 0 spiro atoms. The Hall–Kier alpha value is -2.41. The molecule has 3 amide bonds. The number of hydrogen-bond acceptors (Lipinski definition) is 5. The number of amides is 3. The van der Waals surface area contributed by atoms with Crippen LogP contribution in [0.1, 0.15) is 44.1 Å². The van der Waals surface area contributed by atoms with Crippen LogP contribution in [0.2, 0.25) is 0 Å². The minimum Gasteiger partial charge on any atom is -0.497 e. The van der Waals surface area contributed by atoms with Gasteiger partial charge in [0.25, 0.3) is 0 Å². The molecule has 2 aliphatic rings. The second-order valence-electron chi connectivity index (χ2n) is 8.62. The van der Waals surface area contributed by atoms with Crippen LogP contribution in [0.25, 0.3) is 0 Å². The number of carbonyl (C=O) groups is 3. The van der Waals surface area contributed by atoms with Crippen LogP contribution in [0, 0.1) is 0 Å². The highest BCUT2D eigenvalue weighted by Gasteiger charge is 2.54. The minimum absolute atomic E-state index is 0.0171. The average Bonchev–Trinajstić information content (AvgIpc) is 2.91. The molecule has 0 N–H and O–H groups in total. The Kier molecular flexibility index (Phi) is 7.13. The van der Waals surface area contributed by atoms with E-state index >= 15 is 0 Å². The van der Waals surface area contributed by atoms with Crippen LogP contribution in [0.5, 0.6) is 5.75 Å². The lowest BCUT2D eigenvalue weighted by Gasteiger charge is -2.30. The molecule has 2 aliphatic heterocycles. The van der Waals surface area contributed by atoms with Crippen LogP contribution in [0.3, 0.4) is 0 Å². The molecule has 0 radical (unpaired) electrons. The van der Waals surface area contributed by atoms with E-state index in [0.29, 0.717) is 24.4 Å². The summed E-state index contributed by atoms with van der Waals surface area (Å²) in [5.74, 6) is 0.0792. The van der Waals surface area contributed by atoms with Gasteiger partial charge < -0.3 is 14.5 Å². The molecule has 0 saturated carbocycles. The van der Waals surface area contributed by atoms with Gasteiger partial charge in [-0.05, 0) is 44.6 Å². The number of imide groups is 1. The van der Waals surface area contributed by atoms with Crippen molar-refractivity contribution < 1.29 is 19.1 Å². The fourth-order valence-electron chi connectivity index (χ4n) is 4.40. The number of methoxy groups -OCH3 is 1. The fraction of sp³-hybridized carbons (Fsp3) is 0.609. The first kappa shape index (κ1) is 22.3. The van der Waals surface area contributed by atoms with Crippen LogP contribution in [0.4, 0.5) is 0 Å². The summed E-state index contributed by atoms with van der Waals surface area (Å²) in [5.41, 5.74) is -0.489. The van der Waals surface area contributed by atoms with E-state index < -0.39 is 5.41 Å². The van der Waals surface area contributed by atoms with Crippen molar-refractivity contribution in [1.82, 2.24) is 14.7 Å². The van der Waals surface area contributed by atoms with E-state index in [1.54, 1.807) is 19.2 Å². The molecule has 30 heavy (non-hydrogen) atoms. The predicted molar refractivity (Wildman–Crippen MR) is 114 cm³/mol. The third-order valence-electron chi connectivity index (χ3n) is 6.21. The van der Waals surface area contributed by atoms with Crippen molar-refractivity contribution in [2.45, 2.75) is 43.9 Å². The molecule has 1 unspecified atom stereocenters. The Morgan fingerprint density at radius 3 is 2.47 bits per heavy atom. The van der Waals surface area contributed by atoms with Gasteiger partial charge in [0.2, 0.25) is 17.7 Å². The summed E-state index contributed by atoms with van der Waals surface area (Å²) in [6.07, 6.45) is 4.26. The predicted octanol–water partition coefficient (Wildman–Crippen LogP) is 2.05. The van der Waals surface area contributed by atoms with Crippen molar-refractivity contribution in [1.29, 1.82) is 0 Å². The van der Waals surface area contributed by atoms with Gasteiger partial charge in [0.15, 0.2) is 0 Å². The third kappa shape index (κ3) is 4.67. The Bertz CT molecular complexity index is 786. The topological polar surface area (TPSA) is 70.2 Å². The highest BCUT2D eigenvalue weighted by molar-refractivity contribution is 6.10. The first-order valence-electron chi connectivity index (χ1n) is 10.8. The lowest BCUT2D eigenvalue weighted by Crippen LogP contribution is -2.45. The van der Waals surface area contributed by atoms with E-state index in [4.69, 9.17) is 4.74 Å². The Labute approximate surface area is 179 Å². The second kappa shape index (κ2) is 9.60. The normalized spacial score (nSPS) is 22.5. The van der Waals surface area contributed by atoms with Crippen LogP contribution >= 0.6 is 0 Å². The van der Waals surface area contributed by atoms with E-state index in [1.165, 1.54) is 4.90 Å². The molecule has 7 heteroatoms. The minimum atomic E-state index is -1.17. The van der Waals surface area contributed by atoms with Gasteiger partial charge in [0, 0.05) is 39.0 Å². The molecule has 1 atom stereocenters. The Balaban J connectivity index is 1.94. The van der Waals surface area contributed by atoms with Gasteiger partial charge in [-0.1, -0.05) is 25.0 Å². The molecule has 164 valence electrons. The zero-order valence-electron chi connectivity index (χ0n) is 18.4. The number of ether oxygens (including phenoxy) is 1. The molecule has 0 aromatic heterocycles. The molecule has 2 saturated heterocycles. The molecule has 0 bridgehead atoms. The fourth-order valence-corrected chi connectivity index (χ4v) is 4.40. The first-order chi connectivity index (χ1) is 14.4. The van der Waals surface area contributed by atoms with Crippen LogP contribution < -0.4 is 4.74 Å². The number of likely N-dealkylation sites (tertiary alicyclic amines) is 2. The van der Waals surface area contributed by atoms with Gasteiger partial charge in [-0.15, -0.1) is 0 Å². The molecule has 2 heterocycles. The number of carbonyl (C=O) groups excluding carboxylic acids is 3. The largest absolute Gasteiger partial charge is 0.497 e. The smallest absolute Gasteiger partial charge is 0.240 e. The summed E-state index contributed by atoms with van der Waals surface area (Å²) in [5, 5.41) is 0. The van der Waals surface area contributed by atoms with E-state index in [0.717, 1.165) is 38.8 Å². The third-order valence-corrected chi connectivity index (χ3v) is 6.21. The van der Waals surface area contributed by atoms with E-state index in [9.17, 15) is 14.4 Å². The Morgan fingerprint density at radius 1 is 1.13 bits per heavy atom. The maximum Gasteiger partial charge on any atom is 0.240 e. The first-order valence-corrected chi connectivity index (χ1v) is 10.8. The molecular formula is C23H33N3O4. The van der Waals surface area contributed by atoms with Gasteiger partial charge in [0.1, 0.15) is 5.75 Å². The number of benzene rings is 1. The number of likely N-dealkylation sites (N-methyl/N-ethyl adjacent to an activating group) is 1. The van der Waals surface area contributed by atoms with E-state index in [-0.39, 0.29) is 30.6 Å². The standard InChI is InChI=1S/C23H33N3O4/c1-24(2)13-14-26-21(28)17-23(22(26)29,18-9-8-10-19(15-18)30-3)16-20(27)25-11-6-4-5-7-12-25/h8-10,15H,4-7,11-14,16-17H2,1-3H3. The lowest BCUT2D eigenvalue weighted by molar-refractivity contribution is -0.142. The molecule has 0 aliphatic carbocycles. The quantitative estimate of drug-likeness (QED) is 0.638. The van der Waals surface area contributed by atoms with Gasteiger partial charge in [-0.3, -0.25) is 19.3 Å². The van der Waals surface area contributed by atoms with Crippen molar-refractivity contribution in [3.63, 3.8) is 0 Å². The van der Waals surface area contributed by atoms with Gasteiger partial charge in [-0.25, -0.2) is 0 Å². The van der Waals surface area contributed by atoms with Crippen molar-refractivity contribution in [3.05, 3.63) is 29.8 Å². The molecule has 1 aromatic carbocycles. The summed E-state index contributed by atoms with van der Waals surface area (Å²) >= 11 is 0. The van der Waals surface area contributed by atoms with Crippen LogP contribution in [0.15, 0.2) is 24.3 Å². The van der Waals surface area contributed by atoms with Crippen molar-refractivity contribution in [2.75, 3.05) is 47.4 Å². The summed E-state index contributed by atoms with van der Waals surface area (Å²) in [6, 6.07) is 7.24. The molecular weight excluding hydrogens is 382 g/mol. The highest BCUT2D eigenvalue weighted by Crippen LogP contribution is 2.41. The highest BCUT2D eigenvalue weighted by atomic mass is 16.5. The van der Waals surface area contributed by atoms with Crippen molar-refractivity contribution in [2.24, 2.45) is 0 Å². The molecule has 2 fully saturated rings. The van der Waals surface area contributed by atoms with Crippen LogP contribution in [-0.4, -0.2) is 79.8 Å². The second-order valence-corrected chi connectivity index (χ2v) is 8.62. The number of nitrogens with zero attached hydrogens (tertiary/aromatic N) is 3. The zero-order valence-corrected chi connectivity index (χ0v) is 18.4. The van der Waals surface area contributed by atoms with Gasteiger partial charge in [0.05, 0.1) is 12.5 Å².